The highest BCUT2D eigenvalue weighted by Crippen LogP contribution is 2.31. The third kappa shape index (κ3) is 2.11. The number of hydrogen-bond acceptors (Lipinski definition) is 3. The lowest BCUT2D eigenvalue weighted by atomic mass is 10.2. The first-order chi connectivity index (χ1) is 6.32. The number of aromatic carboxylic acids is 1. The van der Waals surface area contributed by atoms with E-state index >= 15 is 0 Å². The van der Waals surface area contributed by atoms with Crippen LogP contribution in [0.3, 0.4) is 0 Å². The van der Waals surface area contributed by atoms with Crippen molar-refractivity contribution in [2.75, 3.05) is 0 Å². The van der Waals surface area contributed by atoms with Gasteiger partial charge in [0.2, 0.25) is 5.28 Å². The summed E-state index contributed by atoms with van der Waals surface area (Å²) in [6.45, 7) is 0. The van der Waals surface area contributed by atoms with E-state index in [-0.39, 0.29) is 0 Å². The zero-order valence-corrected chi connectivity index (χ0v) is 7.10. The molecule has 0 aromatic carbocycles. The second-order valence-electron chi connectivity index (χ2n) is 2.20. The van der Waals surface area contributed by atoms with Gasteiger partial charge in [-0.2, -0.15) is 13.2 Å². The second-order valence-corrected chi connectivity index (χ2v) is 2.54. The summed E-state index contributed by atoms with van der Waals surface area (Å²) < 4.78 is 36.5. The molecule has 0 aliphatic carbocycles. The first kappa shape index (κ1) is 10.7. The van der Waals surface area contributed by atoms with Crippen molar-refractivity contribution >= 4 is 17.6 Å². The van der Waals surface area contributed by atoms with Crippen molar-refractivity contribution < 1.29 is 23.1 Å². The normalized spacial score (nSPS) is 11.4. The minimum Gasteiger partial charge on any atom is -0.476 e. The van der Waals surface area contributed by atoms with Crippen molar-refractivity contribution in [1.82, 2.24) is 9.97 Å². The maximum atomic E-state index is 12.2. The smallest absolute Gasteiger partial charge is 0.420 e. The van der Waals surface area contributed by atoms with Gasteiger partial charge in [0, 0.05) is 6.20 Å². The highest BCUT2D eigenvalue weighted by Gasteiger charge is 2.37. The van der Waals surface area contributed by atoms with Crippen molar-refractivity contribution in [3.63, 3.8) is 0 Å². The van der Waals surface area contributed by atoms with Crippen LogP contribution >= 0.6 is 11.6 Å². The van der Waals surface area contributed by atoms with Gasteiger partial charge in [0.15, 0.2) is 5.69 Å². The molecule has 0 spiro atoms. The van der Waals surface area contributed by atoms with Crippen molar-refractivity contribution in [2.45, 2.75) is 6.18 Å². The number of nitrogens with zero attached hydrogens (tertiary/aromatic N) is 2. The summed E-state index contributed by atoms with van der Waals surface area (Å²) >= 11 is 5.16. The highest BCUT2D eigenvalue weighted by molar-refractivity contribution is 6.28. The number of halogens is 4. The van der Waals surface area contributed by atoms with Gasteiger partial charge >= 0.3 is 12.1 Å². The quantitative estimate of drug-likeness (QED) is 0.742. The summed E-state index contributed by atoms with van der Waals surface area (Å²) in [5.41, 5.74) is -2.58. The number of aromatic nitrogens is 2. The molecule has 0 aliphatic heterocycles. The van der Waals surface area contributed by atoms with Gasteiger partial charge in [-0.05, 0) is 11.6 Å². The Balaban J connectivity index is 3.37. The van der Waals surface area contributed by atoms with Gasteiger partial charge in [-0.15, -0.1) is 0 Å². The second kappa shape index (κ2) is 3.41. The van der Waals surface area contributed by atoms with Crippen LogP contribution in [-0.2, 0) is 6.18 Å². The molecule has 1 heterocycles. The Morgan fingerprint density at radius 1 is 1.50 bits per heavy atom. The number of carboxylic acids is 1. The molecule has 14 heavy (non-hydrogen) atoms. The lowest BCUT2D eigenvalue weighted by molar-refractivity contribution is -0.138. The van der Waals surface area contributed by atoms with E-state index in [4.69, 9.17) is 16.7 Å². The maximum Gasteiger partial charge on any atom is 0.420 e. The molecule has 0 saturated heterocycles. The van der Waals surface area contributed by atoms with Crippen molar-refractivity contribution in [3.8, 4) is 0 Å². The molecule has 1 aromatic rings. The van der Waals surface area contributed by atoms with E-state index in [0.29, 0.717) is 6.20 Å². The third-order valence-corrected chi connectivity index (χ3v) is 1.45. The maximum absolute atomic E-state index is 12.2. The third-order valence-electron chi connectivity index (χ3n) is 1.27. The van der Waals surface area contributed by atoms with Crippen LogP contribution in [0.2, 0.25) is 5.28 Å². The van der Waals surface area contributed by atoms with E-state index < -0.39 is 28.7 Å². The predicted molar refractivity (Wildman–Crippen MR) is 39.0 cm³/mol. The van der Waals surface area contributed by atoms with Crippen LogP contribution in [0, 0.1) is 0 Å². The van der Waals surface area contributed by atoms with Crippen molar-refractivity contribution in [1.29, 1.82) is 0 Å². The summed E-state index contributed by atoms with van der Waals surface area (Å²) in [7, 11) is 0. The molecule has 4 nitrogen and oxygen atoms in total. The topological polar surface area (TPSA) is 63.1 Å². The van der Waals surface area contributed by atoms with Gasteiger partial charge in [0.1, 0.15) is 5.56 Å². The standard InChI is InChI=1S/C6H2ClF3N2O2/c7-5-11-1-2(6(8,9)10)3(12-5)4(13)14/h1H,(H,13,14). The fourth-order valence-corrected chi connectivity index (χ4v) is 0.864. The highest BCUT2D eigenvalue weighted by atomic mass is 35.5. The van der Waals surface area contributed by atoms with E-state index in [9.17, 15) is 18.0 Å². The van der Waals surface area contributed by atoms with E-state index in [1.54, 1.807) is 0 Å². The fourth-order valence-electron chi connectivity index (χ4n) is 0.731. The molecule has 0 aliphatic rings. The monoisotopic (exact) mass is 226 g/mol. The minimum atomic E-state index is -4.81. The first-order valence-corrected chi connectivity index (χ1v) is 3.53. The Labute approximate surface area is 80.4 Å². The molecule has 0 unspecified atom stereocenters. The Morgan fingerprint density at radius 3 is 2.50 bits per heavy atom. The van der Waals surface area contributed by atoms with Crippen molar-refractivity contribution in [3.05, 3.63) is 22.7 Å². The average Bonchev–Trinajstić information content (AvgIpc) is 2.01. The fraction of sp³-hybridized carbons (Fsp3) is 0.167. The molecule has 0 atom stereocenters. The molecule has 76 valence electrons. The number of carboxylic acid groups (broad SMARTS) is 1. The lowest BCUT2D eigenvalue weighted by Gasteiger charge is -2.07. The van der Waals surface area contributed by atoms with Crippen LogP contribution < -0.4 is 0 Å². The number of carbonyl (C=O) groups is 1. The zero-order chi connectivity index (χ0) is 10.9. The Bertz CT molecular complexity index is 380. The van der Waals surface area contributed by atoms with E-state index in [1.807, 2.05) is 0 Å². The van der Waals surface area contributed by atoms with Crippen molar-refractivity contribution in [2.24, 2.45) is 0 Å². The summed E-state index contributed by atoms with van der Waals surface area (Å²) in [5, 5.41) is 7.86. The van der Waals surface area contributed by atoms with Crippen LogP contribution in [0.1, 0.15) is 16.1 Å². The molecule has 0 amide bonds. The van der Waals surface area contributed by atoms with Gasteiger partial charge in [-0.25, -0.2) is 14.8 Å². The van der Waals surface area contributed by atoms with Crippen LogP contribution in [0.15, 0.2) is 6.20 Å². The van der Waals surface area contributed by atoms with Gasteiger partial charge < -0.3 is 5.11 Å². The van der Waals surface area contributed by atoms with Crippen LogP contribution in [0.4, 0.5) is 13.2 Å². The SMILES string of the molecule is O=C(O)c1nc(Cl)ncc1C(F)(F)F. The molecule has 1 rings (SSSR count). The zero-order valence-electron chi connectivity index (χ0n) is 6.34. The molecular weight excluding hydrogens is 225 g/mol. The molecule has 8 heteroatoms. The first-order valence-electron chi connectivity index (χ1n) is 3.15. The molecular formula is C6H2ClF3N2O2. The number of alkyl halides is 3. The predicted octanol–water partition coefficient (Wildman–Crippen LogP) is 1.85. The van der Waals surface area contributed by atoms with E-state index in [2.05, 4.69) is 9.97 Å². The molecule has 1 aromatic heterocycles. The summed E-state index contributed by atoms with van der Waals surface area (Å²) in [4.78, 5) is 16.4. The molecule has 0 saturated carbocycles. The Morgan fingerprint density at radius 2 is 2.07 bits per heavy atom. The largest absolute Gasteiger partial charge is 0.476 e. The van der Waals surface area contributed by atoms with Crippen LogP contribution in [0.25, 0.3) is 0 Å². The van der Waals surface area contributed by atoms with E-state index in [0.717, 1.165) is 0 Å². The summed E-state index contributed by atoms with van der Waals surface area (Å²) in [6, 6.07) is 0. The van der Waals surface area contributed by atoms with Crippen LogP contribution in [0.5, 0.6) is 0 Å². The Kier molecular flexibility index (Phi) is 2.61. The Hall–Kier alpha value is -1.37. The van der Waals surface area contributed by atoms with Gasteiger partial charge in [-0.1, -0.05) is 0 Å². The minimum absolute atomic E-state index is 0.332. The lowest BCUT2D eigenvalue weighted by Crippen LogP contribution is -2.15. The summed E-state index contributed by atoms with van der Waals surface area (Å²) in [6.07, 6.45) is -4.48. The number of rotatable bonds is 1. The molecule has 0 radical (unpaired) electrons. The van der Waals surface area contributed by atoms with E-state index in [1.165, 1.54) is 0 Å². The van der Waals surface area contributed by atoms with Crippen LogP contribution in [-0.4, -0.2) is 21.0 Å². The molecule has 0 bridgehead atoms. The molecule has 1 N–H and O–H groups in total. The van der Waals surface area contributed by atoms with Gasteiger partial charge in [0.25, 0.3) is 0 Å². The summed E-state index contributed by atoms with van der Waals surface area (Å²) in [5.74, 6) is -1.80. The molecule has 0 fully saturated rings. The average molecular weight is 227 g/mol. The van der Waals surface area contributed by atoms with Gasteiger partial charge in [0.05, 0.1) is 0 Å². The number of hydrogen-bond donors (Lipinski definition) is 1. The van der Waals surface area contributed by atoms with Gasteiger partial charge in [-0.3, -0.25) is 0 Å².